The van der Waals surface area contributed by atoms with Crippen molar-refractivity contribution >= 4 is 23.1 Å². The largest absolute Gasteiger partial charge is 0.370 e. The number of hydrogen-bond donors (Lipinski definition) is 0. The second-order valence-corrected chi connectivity index (χ2v) is 4.32. The van der Waals surface area contributed by atoms with Crippen molar-refractivity contribution in [3.8, 4) is 0 Å². The van der Waals surface area contributed by atoms with Crippen LogP contribution in [0.1, 0.15) is 30.1 Å². The average molecular weight is 224 g/mol. The van der Waals surface area contributed by atoms with Crippen molar-refractivity contribution < 1.29 is 4.79 Å². The van der Waals surface area contributed by atoms with Crippen molar-refractivity contribution in [1.82, 2.24) is 0 Å². The summed E-state index contributed by atoms with van der Waals surface area (Å²) in [4.78, 5) is 13.5. The van der Waals surface area contributed by atoms with Crippen molar-refractivity contribution in [1.29, 1.82) is 0 Å². The fourth-order valence-electron chi connectivity index (χ4n) is 1.93. The second kappa shape index (κ2) is 4.23. The number of ketones is 1. The third kappa shape index (κ3) is 2.15. The molecule has 0 N–H and O–H groups in total. The van der Waals surface area contributed by atoms with Gasteiger partial charge < -0.3 is 4.90 Å². The van der Waals surface area contributed by atoms with Crippen LogP contribution in [-0.2, 0) is 0 Å². The summed E-state index contributed by atoms with van der Waals surface area (Å²) in [6, 6.07) is 5.49. The summed E-state index contributed by atoms with van der Waals surface area (Å²) >= 11 is 6.13. The molecule has 1 aromatic rings. The topological polar surface area (TPSA) is 20.3 Å². The zero-order chi connectivity index (χ0) is 10.8. The van der Waals surface area contributed by atoms with Crippen LogP contribution in [0, 0.1) is 0 Å². The van der Waals surface area contributed by atoms with E-state index in [1.807, 2.05) is 12.1 Å². The molecule has 3 heteroatoms. The third-order valence-corrected chi connectivity index (χ3v) is 3.12. The number of anilines is 1. The fourth-order valence-corrected chi connectivity index (χ4v) is 2.17. The first-order chi connectivity index (χ1) is 7.18. The molecular weight excluding hydrogens is 210 g/mol. The van der Waals surface area contributed by atoms with Gasteiger partial charge in [-0.3, -0.25) is 4.79 Å². The molecule has 80 valence electrons. The molecule has 2 rings (SSSR count). The van der Waals surface area contributed by atoms with Gasteiger partial charge in [-0.1, -0.05) is 11.6 Å². The van der Waals surface area contributed by atoms with E-state index in [2.05, 4.69) is 4.90 Å². The SMILES string of the molecule is CC(=O)c1ccc(Cl)c(N2CCCC2)c1. The van der Waals surface area contributed by atoms with Crippen LogP contribution < -0.4 is 4.90 Å². The van der Waals surface area contributed by atoms with E-state index >= 15 is 0 Å². The summed E-state index contributed by atoms with van der Waals surface area (Å²) in [7, 11) is 0. The van der Waals surface area contributed by atoms with E-state index in [4.69, 9.17) is 11.6 Å². The monoisotopic (exact) mass is 223 g/mol. The molecule has 0 radical (unpaired) electrons. The van der Waals surface area contributed by atoms with Gasteiger partial charge in [0.05, 0.1) is 10.7 Å². The summed E-state index contributed by atoms with van der Waals surface area (Å²) in [6.07, 6.45) is 2.42. The Kier molecular flexibility index (Phi) is 2.96. The van der Waals surface area contributed by atoms with Gasteiger partial charge >= 0.3 is 0 Å². The lowest BCUT2D eigenvalue weighted by atomic mass is 10.1. The van der Waals surface area contributed by atoms with E-state index in [-0.39, 0.29) is 5.78 Å². The van der Waals surface area contributed by atoms with E-state index < -0.39 is 0 Å². The van der Waals surface area contributed by atoms with E-state index in [0.29, 0.717) is 0 Å². The van der Waals surface area contributed by atoms with E-state index in [1.165, 1.54) is 12.8 Å². The average Bonchev–Trinajstić information content (AvgIpc) is 2.71. The minimum atomic E-state index is 0.0899. The number of benzene rings is 1. The molecule has 0 unspecified atom stereocenters. The zero-order valence-electron chi connectivity index (χ0n) is 8.79. The predicted octanol–water partition coefficient (Wildman–Crippen LogP) is 3.14. The van der Waals surface area contributed by atoms with Gasteiger partial charge in [0.2, 0.25) is 0 Å². The third-order valence-electron chi connectivity index (χ3n) is 2.80. The number of carbonyl (C=O) groups excluding carboxylic acids is 1. The number of rotatable bonds is 2. The van der Waals surface area contributed by atoms with Gasteiger partial charge in [-0.05, 0) is 38.0 Å². The molecule has 0 amide bonds. The van der Waals surface area contributed by atoms with Crippen LogP contribution in [0.4, 0.5) is 5.69 Å². The van der Waals surface area contributed by atoms with Crippen molar-refractivity contribution in [2.75, 3.05) is 18.0 Å². The molecule has 1 saturated heterocycles. The van der Waals surface area contributed by atoms with Gasteiger partial charge in [-0.2, -0.15) is 0 Å². The zero-order valence-corrected chi connectivity index (χ0v) is 9.55. The molecule has 1 aliphatic rings. The van der Waals surface area contributed by atoms with Crippen molar-refractivity contribution in [3.63, 3.8) is 0 Å². The van der Waals surface area contributed by atoms with E-state index in [1.54, 1.807) is 13.0 Å². The van der Waals surface area contributed by atoms with Crippen LogP contribution >= 0.6 is 11.6 Å². The first kappa shape index (κ1) is 10.5. The molecule has 0 spiro atoms. The van der Waals surface area contributed by atoms with Gasteiger partial charge in [0.1, 0.15) is 0 Å². The molecule has 0 saturated carbocycles. The normalized spacial score (nSPS) is 15.7. The molecule has 1 heterocycles. The van der Waals surface area contributed by atoms with Crippen LogP contribution in [0.25, 0.3) is 0 Å². The molecule has 0 aliphatic carbocycles. The van der Waals surface area contributed by atoms with Gasteiger partial charge in [-0.25, -0.2) is 0 Å². The molecule has 15 heavy (non-hydrogen) atoms. The number of halogens is 1. The lowest BCUT2D eigenvalue weighted by Crippen LogP contribution is -2.18. The Balaban J connectivity index is 2.35. The first-order valence-electron chi connectivity index (χ1n) is 5.24. The Hall–Kier alpha value is -1.02. The Labute approximate surface area is 94.8 Å². The maximum absolute atomic E-state index is 11.3. The Morgan fingerprint density at radius 3 is 2.60 bits per heavy atom. The lowest BCUT2D eigenvalue weighted by Gasteiger charge is -2.19. The fraction of sp³-hybridized carbons (Fsp3) is 0.417. The maximum atomic E-state index is 11.3. The van der Waals surface area contributed by atoms with Crippen molar-refractivity contribution in [3.05, 3.63) is 28.8 Å². The minimum absolute atomic E-state index is 0.0899. The number of nitrogens with zero attached hydrogens (tertiary/aromatic N) is 1. The number of Topliss-reactive ketones (excluding diaryl/α,β-unsaturated/α-hetero) is 1. The summed E-state index contributed by atoms with van der Waals surface area (Å²) in [6.45, 7) is 3.67. The van der Waals surface area contributed by atoms with E-state index in [0.717, 1.165) is 29.4 Å². The van der Waals surface area contributed by atoms with Crippen LogP contribution in [0.3, 0.4) is 0 Å². The molecule has 0 bridgehead atoms. The highest BCUT2D eigenvalue weighted by Gasteiger charge is 2.16. The van der Waals surface area contributed by atoms with E-state index in [9.17, 15) is 4.79 Å². The van der Waals surface area contributed by atoms with Crippen molar-refractivity contribution in [2.45, 2.75) is 19.8 Å². The highest BCUT2D eigenvalue weighted by Crippen LogP contribution is 2.29. The minimum Gasteiger partial charge on any atom is -0.370 e. The van der Waals surface area contributed by atoms with Crippen molar-refractivity contribution in [2.24, 2.45) is 0 Å². The first-order valence-corrected chi connectivity index (χ1v) is 5.62. The highest BCUT2D eigenvalue weighted by atomic mass is 35.5. The van der Waals surface area contributed by atoms with Gasteiger partial charge in [0, 0.05) is 18.7 Å². The quantitative estimate of drug-likeness (QED) is 0.718. The van der Waals surface area contributed by atoms with Crippen LogP contribution in [0.15, 0.2) is 18.2 Å². The molecule has 1 aromatic carbocycles. The molecule has 0 aromatic heterocycles. The maximum Gasteiger partial charge on any atom is 0.159 e. The van der Waals surface area contributed by atoms with Crippen LogP contribution in [0.2, 0.25) is 5.02 Å². The molecular formula is C12H14ClNO. The Morgan fingerprint density at radius 2 is 2.00 bits per heavy atom. The lowest BCUT2D eigenvalue weighted by molar-refractivity contribution is 0.101. The Bertz CT molecular complexity index is 383. The van der Waals surface area contributed by atoms with Gasteiger partial charge in [-0.15, -0.1) is 0 Å². The number of carbonyl (C=O) groups is 1. The Morgan fingerprint density at radius 1 is 1.33 bits per heavy atom. The summed E-state index contributed by atoms with van der Waals surface area (Å²) < 4.78 is 0. The van der Waals surface area contributed by atoms with Gasteiger partial charge in [0.25, 0.3) is 0 Å². The number of hydrogen-bond acceptors (Lipinski definition) is 2. The molecule has 2 nitrogen and oxygen atoms in total. The summed E-state index contributed by atoms with van der Waals surface area (Å²) in [5, 5.41) is 0.738. The predicted molar refractivity (Wildman–Crippen MR) is 62.9 cm³/mol. The molecule has 1 fully saturated rings. The molecule has 0 atom stereocenters. The summed E-state index contributed by atoms with van der Waals surface area (Å²) in [5.74, 6) is 0.0899. The standard InChI is InChI=1S/C12H14ClNO/c1-9(15)10-4-5-11(13)12(8-10)14-6-2-3-7-14/h4-5,8H,2-3,6-7H2,1H3. The smallest absolute Gasteiger partial charge is 0.159 e. The summed E-state index contributed by atoms with van der Waals surface area (Å²) in [5.41, 5.74) is 1.74. The van der Waals surface area contributed by atoms with Crippen LogP contribution in [0.5, 0.6) is 0 Å². The highest BCUT2D eigenvalue weighted by molar-refractivity contribution is 6.33. The van der Waals surface area contributed by atoms with Crippen LogP contribution in [-0.4, -0.2) is 18.9 Å². The second-order valence-electron chi connectivity index (χ2n) is 3.92. The van der Waals surface area contributed by atoms with Gasteiger partial charge in [0.15, 0.2) is 5.78 Å². The molecule has 1 aliphatic heterocycles.